The monoisotopic (exact) mass is 209 g/mol. The van der Waals surface area contributed by atoms with Crippen molar-refractivity contribution in [3.63, 3.8) is 0 Å². The third-order valence-corrected chi connectivity index (χ3v) is 2.95. The molecule has 0 spiro atoms. The van der Waals surface area contributed by atoms with Crippen molar-refractivity contribution in [1.82, 2.24) is 4.84 Å². The first-order valence-corrected chi connectivity index (χ1v) is 4.80. The fourth-order valence-corrected chi connectivity index (χ4v) is 1.98. The molecule has 1 heterocycles. The van der Waals surface area contributed by atoms with Gasteiger partial charge in [0.05, 0.1) is 31.0 Å². The maximum absolute atomic E-state index is 9.77. The van der Waals surface area contributed by atoms with E-state index < -0.39 is 6.10 Å². The molecular formula is C8H16ClNO3. The molecule has 1 aliphatic rings. The van der Waals surface area contributed by atoms with Gasteiger partial charge in [-0.3, -0.25) is 0 Å². The van der Waals surface area contributed by atoms with Crippen LogP contribution >= 0.6 is 11.8 Å². The molecule has 3 N–H and O–H groups in total. The zero-order chi connectivity index (χ0) is 10.0. The zero-order valence-corrected chi connectivity index (χ0v) is 8.53. The van der Waals surface area contributed by atoms with E-state index in [4.69, 9.17) is 21.6 Å². The first kappa shape index (κ1) is 11.2. The minimum atomic E-state index is -0.585. The van der Waals surface area contributed by atoms with Crippen molar-refractivity contribution in [1.29, 1.82) is 0 Å². The Labute approximate surface area is 83.0 Å². The van der Waals surface area contributed by atoms with Crippen molar-refractivity contribution in [2.75, 3.05) is 6.61 Å². The molecule has 0 aromatic heterocycles. The van der Waals surface area contributed by atoms with Crippen molar-refractivity contribution in [2.45, 2.75) is 38.2 Å². The van der Waals surface area contributed by atoms with Crippen molar-refractivity contribution in [3.8, 4) is 0 Å². The van der Waals surface area contributed by atoms with Crippen molar-refractivity contribution in [2.24, 2.45) is 5.92 Å². The van der Waals surface area contributed by atoms with Gasteiger partial charge in [0.2, 0.25) is 0 Å². The van der Waals surface area contributed by atoms with Gasteiger partial charge in [-0.15, -0.1) is 0 Å². The Morgan fingerprint density at radius 2 is 2.08 bits per heavy atom. The summed E-state index contributed by atoms with van der Waals surface area (Å²) in [7, 11) is 0. The maximum Gasteiger partial charge on any atom is 0.0860 e. The number of hydrogen-bond acceptors (Lipinski definition) is 4. The molecule has 5 atom stereocenters. The van der Waals surface area contributed by atoms with Crippen LogP contribution in [-0.4, -0.2) is 41.2 Å². The first-order valence-electron chi connectivity index (χ1n) is 4.42. The van der Waals surface area contributed by atoms with E-state index in [0.29, 0.717) is 0 Å². The number of nitrogens with one attached hydrogen (secondary N) is 1. The van der Waals surface area contributed by atoms with Gasteiger partial charge in [-0.1, -0.05) is 6.92 Å². The predicted molar refractivity (Wildman–Crippen MR) is 49.4 cm³/mol. The summed E-state index contributed by atoms with van der Waals surface area (Å²) < 4.78 is 5.46. The molecule has 1 saturated heterocycles. The first-order chi connectivity index (χ1) is 6.11. The van der Waals surface area contributed by atoms with E-state index in [0.717, 1.165) is 0 Å². The molecule has 0 aliphatic carbocycles. The summed E-state index contributed by atoms with van der Waals surface area (Å²) in [4.78, 5) is 2.49. The lowest BCUT2D eigenvalue weighted by Crippen LogP contribution is -2.57. The topological polar surface area (TPSA) is 61.7 Å². The van der Waals surface area contributed by atoms with Crippen LogP contribution in [0.25, 0.3) is 0 Å². The summed E-state index contributed by atoms with van der Waals surface area (Å²) in [5.74, 6) is -0.113. The van der Waals surface area contributed by atoms with Crippen LogP contribution in [0.3, 0.4) is 0 Å². The third-order valence-electron chi connectivity index (χ3n) is 2.69. The molecule has 0 bridgehead atoms. The van der Waals surface area contributed by atoms with E-state index in [1.165, 1.54) is 0 Å². The maximum atomic E-state index is 9.77. The van der Waals surface area contributed by atoms with Gasteiger partial charge >= 0.3 is 0 Å². The lowest BCUT2D eigenvalue weighted by Gasteiger charge is -2.41. The van der Waals surface area contributed by atoms with Crippen LogP contribution in [0.1, 0.15) is 13.8 Å². The SMILES string of the molecule is C[C@H]1[C@@H](O)[C@H](NCl)[C@H](C)O[C@@H]1CO. The van der Waals surface area contributed by atoms with E-state index >= 15 is 0 Å². The fourth-order valence-electron chi connectivity index (χ4n) is 1.67. The molecule has 0 unspecified atom stereocenters. The van der Waals surface area contributed by atoms with Gasteiger partial charge in [-0.05, 0) is 18.7 Å². The van der Waals surface area contributed by atoms with E-state index in [2.05, 4.69) is 4.84 Å². The second kappa shape index (κ2) is 4.57. The van der Waals surface area contributed by atoms with Gasteiger partial charge in [0.25, 0.3) is 0 Å². The van der Waals surface area contributed by atoms with Gasteiger partial charge in [0.15, 0.2) is 0 Å². The summed E-state index contributed by atoms with van der Waals surface area (Å²) in [6, 6.07) is -0.278. The quantitative estimate of drug-likeness (QED) is 0.555. The summed E-state index contributed by atoms with van der Waals surface area (Å²) >= 11 is 5.47. The van der Waals surface area contributed by atoms with Crippen LogP contribution in [-0.2, 0) is 4.74 Å². The van der Waals surface area contributed by atoms with Gasteiger partial charge in [0, 0.05) is 5.92 Å². The predicted octanol–water partition coefficient (Wildman–Crippen LogP) is -0.125. The summed E-state index contributed by atoms with van der Waals surface area (Å²) in [6.45, 7) is 3.58. The van der Waals surface area contributed by atoms with E-state index in [-0.39, 0.29) is 30.8 Å². The van der Waals surface area contributed by atoms with Gasteiger partial charge < -0.3 is 14.9 Å². The number of rotatable bonds is 2. The molecule has 78 valence electrons. The Morgan fingerprint density at radius 3 is 2.54 bits per heavy atom. The van der Waals surface area contributed by atoms with Gasteiger partial charge in [-0.2, -0.15) is 0 Å². The van der Waals surface area contributed by atoms with Crippen molar-refractivity contribution < 1.29 is 14.9 Å². The van der Waals surface area contributed by atoms with Crippen molar-refractivity contribution in [3.05, 3.63) is 0 Å². The lowest BCUT2D eigenvalue weighted by atomic mass is 9.87. The van der Waals surface area contributed by atoms with E-state index in [1.807, 2.05) is 13.8 Å². The normalized spacial score (nSPS) is 46.4. The lowest BCUT2D eigenvalue weighted by molar-refractivity contribution is -0.152. The Morgan fingerprint density at radius 1 is 1.46 bits per heavy atom. The van der Waals surface area contributed by atoms with Crippen LogP contribution in [0.5, 0.6) is 0 Å². The number of halogens is 1. The summed E-state index contributed by atoms with van der Waals surface area (Å²) in [5.41, 5.74) is 0. The van der Waals surface area contributed by atoms with E-state index in [9.17, 15) is 5.11 Å². The van der Waals surface area contributed by atoms with Crippen LogP contribution in [0, 0.1) is 5.92 Å². The number of aliphatic hydroxyl groups excluding tert-OH is 2. The highest BCUT2D eigenvalue weighted by Gasteiger charge is 2.40. The standard InChI is InChI=1S/C8H16ClNO3/c1-4-6(3-11)13-5(2)7(10-9)8(4)12/h4-8,10-12H,3H2,1-2H3/t4-,5+,6-,7-,8-/m1/s1. The van der Waals surface area contributed by atoms with Crippen LogP contribution < -0.4 is 4.84 Å². The summed E-state index contributed by atoms with van der Waals surface area (Å²) in [5, 5.41) is 18.7. The Balaban J connectivity index is 2.66. The Bertz CT molecular complexity index is 169. The minimum Gasteiger partial charge on any atom is -0.394 e. The molecule has 1 rings (SSSR count). The number of aliphatic hydroxyl groups is 2. The molecule has 5 heteroatoms. The largest absolute Gasteiger partial charge is 0.394 e. The number of ether oxygens (including phenoxy) is 1. The molecular weight excluding hydrogens is 194 g/mol. The Kier molecular flexibility index (Phi) is 3.94. The second-order valence-electron chi connectivity index (χ2n) is 3.55. The average molecular weight is 210 g/mol. The molecule has 1 aliphatic heterocycles. The summed E-state index contributed by atoms with van der Waals surface area (Å²) in [6.07, 6.45) is -1.08. The second-order valence-corrected chi connectivity index (χ2v) is 3.77. The molecule has 0 aromatic rings. The fraction of sp³-hybridized carbons (Fsp3) is 1.00. The smallest absolute Gasteiger partial charge is 0.0860 e. The Hall–Kier alpha value is 0.130. The van der Waals surface area contributed by atoms with E-state index in [1.54, 1.807) is 0 Å². The molecule has 0 aromatic carbocycles. The molecule has 0 radical (unpaired) electrons. The molecule has 0 saturated carbocycles. The average Bonchev–Trinajstić information content (AvgIpc) is 2.12. The van der Waals surface area contributed by atoms with Crippen LogP contribution in [0.2, 0.25) is 0 Å². The van der Waals surface area contributed by atoms with Crippen molar-refractivity contribution >= 4 is 11.8 Å². The number of hydrogen-bond donors (Lipinski definition) is 3. The zero-order valence-electron chi connectivity index (χ0n) is 7.77. The highest BCUT2D eigenvalue weighted by Crippen LogP contribution is 2.25. The van der Waals surface area contributed by atoms with Crippen LogP contribution in [0.15, 0.2) is 0 Å². The molecule has 4 nitrogen and oxygen atoms in total. The highest BCUT2D eigenvalue weighted by molar-refractivity contribution is 6.13. The minimum absolute atomic E-state index is 0.0719. The van der Waals surface area contributed by atoms with Crippen LogP contribution in [0.4, 0.5) is 0 Å². The van der Waals surface area contributed by atoms with Gasteiger partial charge in [-0.25, -0.2) is 4.84 Å². The van der Waals surface area contributed by atoms with Gasteiger partial charge in [0.1, 0.15) is 0 Å². The highest BCUT2D eigenvalue weighted by atomic mass is 35.5. The molecule has 1 fully saturated rings. The molecule has 0 amide bonds. The molecule has 13 heavy (non-hydrogen) atoms. The third kappa shape index (κ3) is 2.14.